The van der Waals surface area contributed by atoms with Crippen LogP contribution in [0.5, 0.6) is 5.75 Å². The third-order valence-electron chi connectivity index (χ3n) is 2.07. The van der Waals surface area contributed by atoms with Gasteiger partial charge in [0.05, 0.1) is 11.4 Å². The van der Waals surface area contributed by atoms with E-state index in [1.54, 1.807) is 12.1 Å². The van der Waals surface area contributed by atoms with Gasteiger partial charge in [0, 0.05) is 0 Å². The largest absolute Gasteiger partial charge is 0.488 e. The fourth-order valence-electron chi connectivity index (χ4n) is 1.29. The van der Waals surface area contributed by atoms with Crippen LogP contribution >= 0.6 is 0 Å². The van der Waals surface area contributed by atoms with Gasteiger partial charge in [-0.3, -0.25) is 0 Å². The lowest BCUT2D eigenvalue weighted by atomic mass is 10.3. The first-order valence-corrected chi connectivity index (χ1v) is 6.55. The summed E-state index contributed by atoms with van der Waals surface area (Å²) in [4.78, 5) is 0. The molecule has 2 rings (SSSR count). The molecular formula is C12H9FN2O3S. The average Bonchev–Trinajstić information content (AvgIpc) is 2.37. The van der Waals surface area contributed by atoms with Crippen molar-refractivity contribution in [1.82, 2.24) is 0 Å². The Balaban J connectivity index is 2.09. The Morgan fingerprint density at radius 2 is 1.37 bits per heavy atom. The highest BCUT2D eigenvalue weighted by Crippen LogP contribution is 2.22. The fourth-order valence-corrected chi connectivity index (χ4v) is 1.63. The Hall–Kier alpha value is -2.28. The summed E-state index contributed by atoms with van der Waals surface area (Å²) in [5, 5.41) is 7.91. The summed E-state index contributed by atoms with van der Waals surface area (Å²) in [5.74, 6) is -0.124. The molecule has 0 bridgehead atoms. The second-order valence-electron chi connectivity index (χ2n) is 3.51. The molecular weight excluding hydrogens is 271 g/mol. The molecule has 19 heavy (non-hydrogen) atoms. The smallest absolute Gasteiger partial charge is 0.358 e. The highest BCUT2D eigenvalue weighted by Gasteiger charge is 2.08. The molecule has 0 heterocycles. The third kappa shape index (κ3) is 4.47. The Bertz CT molecular complexity index is 670. The van der Waals surface area contributed by atoms with E-state index in [-0.39, 0.29) is 5.75 Å². The zero-order valence-electron chi connectivity index (χ0n) is 9.60. The molecule has 5 nitrogen and oxygen atoms in total. The predicted octanol–water partition coefficient (Wildman–Crippen LogP) is 3.70. The molecule has 7 heteroatoms. The lowest BCUT2D eigenvalue weighted by Crippen LogP contribution is -2.00. The van der Waals surface area contributed by atoms with Gasteiger partial charge in [0.1, 0.15) is 5.75 Å². The summed E-state index contributed by atoms with van der Waals surface area (Å²) in [6, 6.07) is 14.6. The maximum atomic E-state index is 12.3. The summed E-state index contributed by atoms with van der Waals surface area (Å²) in [6.07, 6.45) is 0. The van der Waals surface area contributed by atoms with Crippen LogP contribution < -0.4 is 4.18 Å². The SMILES string of the molecule is O=S(=O)(F)Oc1ccc(/N=N/c2ccccc2)cc1. The normalized spacial score (nSPS) is 11.6. The van der Waals surface area contributed by atoms with Crippen molar-refractivity contribution in [2.75, 3.05) is 0 Å². The Morgan fingerprint density at radius 3 is 1.89 bits per heavy atom. The molecule has 0 unspecified atom stereocenters. The summed E-state index contributed by atoms with van der Waals surface area (Å²) in [6.45, 7) is 0. The molecule has 0 aromatic heterocycles. The van der Waals surface area contributed by atoms with Crippen LogP contribution in [0.15, 0.2) is 64.8 Å². The maximum Gasteiger partial charge on any atom is 0.488 e. The molecule has 0 radical (unpaired) electrons. The van der Waals surface area contributed by atoms with Crippen molar-refractivity contribution in [2.24, 2.45) is 10.2 Å². The van der Waals surface area contributed by atoms with E-state index >= 15 is 0 Å². The van der Waals surface area contributed by atoms with Crippen LogP contribution in [-0.2, 0) is 10.5 Å². The van der Waals surface area contributed by atoms with Gasteiger partial charge < -0.3 is 4.18 Å². The Morgan fingerprint density at radius 1 is 0.842 bits per heavy atom. The van der Waals surface area contributed by atoms with E-state index in [0.29, 0.717) is 11.4 Å². The van der Waals surface area contributed by atoms with Crippen molar-refractivity contribution < 1.29 is 16.5 Å². The molecule has 0 saturated carbocycles. The lowest BCUT2D eigenvalue weighted by molar-refractivity contribution is 0.440. The highest BCUT2D eigenvalue weighted by atomic mass is 32.3. The molecule has 0 aliphatic rings. The van der Waals surface area contributed by atoms with Crippen LogP contribution in [-0.4, -0.2) is 8.42 Å². The molecule has 0 aliphatic heterocycles. The fraction of sp³-hybridized carbons (Fsp3) is 0. The first-order valence-electron chi connectivity index (χ1n) is 5.24. The van der Waals surface area contributed by atoms with Gasteiger partial charge in [-0.1, -0.05) is 22.1 Å². The predicted molar refractivity (Wildman–Crippen MR) is 67.7 cm³/mol. The van der Waals surface area contributed by atoms with Gasteiger partial charge in [-0.2, -0.15) is 18.6 Å². The number of halogens is 1. The average molecular weight is 280 g/mol. The van der Waals surface area contributed by atoms with E-state index in [9.17, 15) is 12.3 Å². The molecule has 0 amide bonds. The van der Waals surface area contributed by atoms with Crippen molar-refractivity contribution >= 4 is 21.9 Å². The third-order valence-corrected chi connectivity index (χ3v) is 2.46. The van der Waals surface area contributed by atoms with Crippen molar-refractivity contribution in [1.29, 1.82) is 0 Å². The zero-order valence-corrected chi connectivity index (χ0v) is 10.4. The molecule has 0 atom stereocenters. The summed E-state index contributed by atoms with van der Waals surface area (Å²) in [7, 11) is -5.00. The number of hydrogen-bond acceptors (Lipinski definition) is 5. The zero-order chi connectivity index (χ0) is 13.7. The lowest BCUT2D eigenvalue weighted by Gasteiger charge is -1.99. The van der Waals surface area contributed by atoms with Gasteiger partial charge in [-0.15, -0.1) is 0 Å². The molecule has 0 spiro atoms. The van der Waals surface area contributed by atoms with Gasteiger partial charge in [0.25, 0.3) is 0 Å². The van der Waals surface area contributed by atoms with Crippen LogP contribution in [0.4, 0.5) is 15.3 Å². The molecule has 0 saturated heterocycles. The molecule has 0 aliphatic carbocycles. The van der Waals surface area contributed by atoms with Crippen molar-refractivity contribution in [2.45, 2.75) is 0 Å². The van der Waals surface area contributed by atoms with E-state index in [1.807, 2.05) is 18.2 Å². The van der Waals surface area contributed by atoms with Gasteiger partial charge >= 0.3 is 10.5 Å². The summed E-state index contributed by atoms with van der Waals surface area (Å²) < 4.78 is 36.8. The highest BCUT2D eigenvalue weighted by molar-refractivity contribution is 7.81. The molecule has 2 aromatic carbocycles. The van der Waals surface area contributed by atoms with Crippen LogP contribution in [0.1, 0.15) is 0 Å². The summed E-state index contributed by atoms with van der Waals surface area (Å²) >= 11 is 0. The van der Waals surface area contributed by atoms with Crippen LogP contribution in [0.2, 0.25) is 0 Å². The van der Waals surface area contributed by atoms with Gasteiger partial charge in [0.15, 0.2) is 0 Å². The van der Waals surface area contributed by atoms with Crippen LogP contribution in [0.25, 0.3) is 0 Å². The minimum atomic E-state index is -5.00. The molecule has 0 fully saturated rings. The Labute approximate surface area is 109 Å². The van der Waals surface area contributed by atoms with Crippen molar-refractivity contribution in [3.8, 4) is 5.75 Å². The number of hydrogen-bond donors (Lipinski definition) is 0. The number of nitrogens with zero attached hydrogens (tertiary/aromatic N) is 2. The Kier molecular flexibility index (Phi) is 3.86. The topological polar surface area (TPSA) is 68.1 Å². The van der Waals surface area contributed by atoms with E-state index in [4.69, 9.17) is 0 Å². The van der Waals surface area contributed by atoms with E-state index < -0.39 is 10.5 Å². The number of rotatable bonds is 4. The van der Waals surface area contributed by atoms with Crippen molar-refractivity contribution in [3.63, 3.8) is 0 Å². The minimum absolute atomic E-state index is 0.124. The second kappa shape index (κ2) is 5.57. The molecule has 0 N–H and O–H groups in total. The molecule has 98 valence electrons. The monoisotopic (exact) mass is 280 g/mol. The van der Waals surface area contributed by atoms with E-state index in [2.05, 4.69) is 14.4 Å². The second-order valence-corrected chi connectivity index (χ2v) is 4.46. The first kappa shape index (κ1) is 13.2. The first-order chi connectivity index (χ1) is 9.03. The molecule has 2 aromatic rings. The maximum absolute atomic E-state index is 12.3. The quantitative estimate of drug-likeness (QED) is 0.633. The standard InChI is InChI=1S/C12H9FN2O3S/c13-19(16,17)18-12-8-6-11(7-9-12)15-14-10-4-2-1-3-5-10/h1-9H/b15-14+. The van der Waals surface area contributed by atoms with Gasteiger partial charge in [-0.25, -0.2) is 0 Å². The minimum Gasteiger partial charge on any atom is -0.358 e. The van der Waals surface area contributed by atoms with Crippen LogP contribution in [0.3, 0.4) is 0 Å². The number of benzene rings is 2. The van der Waals surface area contributed by atoms with Gasteiger partial charge in [0.2, 0.25) is 0 Å². The van der Waals surface area contributed by atoms with E-state index in [0.717, 1.165) is 0 Å². The van der Waals surface area contributed by atoms with Crippen LogP contribution in [0, 0.1) is 0 Å². The van der Waals surface area contributed by atoms with Crippen molar-refractivity contribution in [3.05, 3.63) is 54.6 Å². The van der Waals surface area contributed by atoms with E-state index in [1.165, 1.54) is 24.3 Å². The van der Waals surface area contributed by atoms with Gasteiger partial charge in [-0.05, 0) is 36.4 Å². The number of azo groups is 1. The summed E-state index contributed by atoms with van der Waals surface area (Å²) in [5.41, 5.74) is 1.18.